The number of fused-ring (bicyclic) bond motifs is 1. The number of benzene rings is 1. The maximum atomic E-state index is 9.77. The van der Waals surface area contributed by atoms with E-state index in [0.717, 1.165) is 40.7 Å². The molecule has 0 unspecified atom stereocenters. The van der Waals surface area contributed by atoms with Crippen LogP contribution in [0.25, 0.3) is 33.5 Å². The standard InChI is InChI=1S/C27H27N5O3/c1-27(2,3)35-24-7-5-18(15-29-24)22-13-21-25(30-16-31-26(21)32-22)17-4-6-23(19(12-17)14-28)34-20-8-10-33-11-9-20/h4-7,12-13,15-16,20H,8-11H2,1-3H3,(H,30,31,32). The van der Waals surface area contributed by atoms with Gasteiger partial charge >= 0.3 is 0 Å². The van der Waals surface area contributed by atoms with Gasteiger partial charge in [-0.3, -0.25) is 0 Å². The zero-order chi connectivity index (χ0) is 24.4. The molecule has 0 bridgehead atoms. The van der Waals surface area contributed by atoms with Crippen molar-refractivity contribution in [2.24, 2.45) is 0 Å². The summed E-state index contributed by atoms with van der Waals surface area (Å²) in [5.74, 6) is 1.16. The Balaban J connectivity index is 1.45. The van der Waals surface area contributed by atoms with Crippen LogP contribution in [0.5, 0.6) is 11.6 Å². The monoisotopic (exact) mass is 469 g/mol. The van der Waals surface area contributed by atoms with Crippen LogP contribution in [0.3, 0.4) is 0 Å². The second-order valence-electron chi connectivity index (χ2n) is 9.52. The molecule has 1 saturated heterocycles. The van der Waals surface area contributed by atoms with Crippen molar-refractivity contribution in [2.75, 3.05) is 13.2 Å². The van der Waals surface area contributed by atoms with Crippen molar-refractivity contribution in [3.05, 3.63) is 54.5 Å². The van der Waals surface area contributed by atoms with Gasteiger partial charge in [0, 0.05) is 47.3 Å². The highest BCUT2D eigenvalue weighted by Crippen LogP contribution is 2.33. The molecule has 178 valence electrons. The molecule has 1 aliphatic rings. The van der Waals surface area contributed by atoms with E-state index in [4.69, 9.17) is 14.2 Å². The molecule has 0 radical (unpaired) electrons. The fourth-order valence-corrected chi connectivity index (χ4v) is 4.08. The van der Waals surface area contributed by atoms with Crippen LogP contribution >= 0.6 is 0 Å². The van der Waals surface area contributed by atoms with Gasteiger partial charge in [0.25, 0.3) is 0 Å². The summed E-state index contributed by atoms with van der Waals surface area (Å²) >= 11 is 0. The number of hydrogen-bond acceptors (Lipinski definition) is 7. The average molecular weight is 470 g/mol. The molecule has 4 heterocycles. The molecule has 5 rings (SSSR count). The van der Waals surface area contributed by atoms with E-state index in [0.29, 0.717) is 36.1 Å². The Morgan fingerprint density at radius 3 is 2.54 bits per heavy atom. The molecule has 8 nitrogen and oxygen atoms in total. The molecule has 3 aromatic heterocycles. The molecule has 1 N–H and O–H groups in total. The Kier molecular flexibility index (Phi) is 6.10. The van der Waals surface area contributed by atoms with Crippen LogP contribution < -0.4 is 9.47 Å². The maximum Gasteiger partial charge on any atom is 0.213 e. The van der Waals surface area contributed by atoms with Crippen molar-refractivity contribution < 1.29 is 14.2 Å². The van der Waals surface area contributed by atoms with Crippen molar-refractivity contribution in [2.45, 2.75) is 45.3 Å². The fourth-order valence-electron chi connectivity index (χ4n) is 4.08. The van der Waals surface area contributed by atoms with Crippen molar-refractivity contribution in [1.82, 2.24) is 19.9 Å². The van der Waals surface area contributed by atoms with Gasteiger partial charge in [-0.2, -0.15) is 5.26 Å². The van der Waals surface area contributed by atoms with E-state index in [1.807, 2.05) is 57.2 Å². The zero-order valence-corrected chi connectivity index (χ0v) is 20.0. The molecule has 8 heteroatoms. The number of hydrogen-bond donors (Lipinski definition) is 1. The van der Waals surface area contributed by atoms with E-state index >= 15 is 0 Å². The number of nitriles is 1. The lowest BCUT2D eigenvalue weighted by Gasteiger charge is -2.23. The van der Waals surface area contributed by atoms with E-state index < -0.39 is 0 Å². The Morgan fingerprint density at radius 1 is 1.03 bits per heavy atom. The first kappa shape index (κ1) is 22.8. The first-order valence-corrected chi connectivity index (χ1v) is 11.7. The third-order valence-electron chi connectivity index (χ3n) is 5.72. The summed E-state index contributed by atoms with van der Waals surface area (Å²) < 4.78 is 17.3. The zero-order valence-electron chi connectivity index (χ0n) is 20.0. The third kappa shape index (κ3) is 5.10. The lowest BCUT2D eigenvalue weighted by Crippen LogP contribution is -2.26. The predicted octanol–water partition coefficient (Wildman–Crippen LogP) is 5.29. The maximum absolute atomic E-state index is 9.77. The Labute approximate surface area is 203 Å². The van der Waals surface area contributed by atoms with E-state index in [1.54, 1.807) is 6.20 Å². The normalized spacial score (nSPS) is 14.6. The van der Waals surface area contributed by atoms with Crippen molar-refractivity contribution in [3.63, 3.8) is 0 Å². The lowest BCUT2D eigenvalue weighted by molar-refractivity contribution is 0.0254. The summed E-state index contributed by atoms with van der Waals surface area (Å²) in [6.45, 7) is 7.33. The number of aromatic amines is 1. The summed E-state index contributed by atoms with van der Waals surface area (Å²) in [5, 5.41) is 10.6. The van der Waals surface area contributed by atoms with Gasteiger partial charge in [0.1, 0.15) is 35.5 Å². The number of rotatable bonds is 5. The summed E-state index contributed by atoms with van der Waals surface area (Å²) in [7, 11) is 0. The van der Waals surface area contributed by atoms with Gasteiger partial charge in [-0.05, 0) is 51.1 Å². The quantitative estimate of drug-likeness (QED) is 0.423. The topological polar surface area (TPSA) is 106 Å². The largest absolute Gasteiger partial charge is 0.489 e. The molecule has 1 fully saturated rings. The Morgan fingerprint density at radius 2 is 1.83 bits per heavy atom. The molecule has 0 spiro atoms. The highest BCUT2D eigenvalue weighted by Gasteiger charge is 2.19. The summed E-state index contributed by atoms with van der Waals surface area (Å²) in [5.41, 5.74) is 4.23. The van der Waals surface area contributed by atoms with Gasteiger partial charge in [-0.1, -0.05) is 0 Å². The van der Waals surface area contributed by atoms with Gasteiger partial charge in [0.05, 0.1) is 24.5 Å². The minimum Gasteiger partial charge on any atom is -0.489 e. The van der Waals surface area contributed by atoms with Gasteiger partial charge in [-0.25, -0.2) is 15.0 Å². The van der Waals surface area contributed by atoms with E-state index in [-0.39, 0.29) is 11.7 Å². The van der Waals surface area contributed by atoms with E-state index in [1.165, 1.54) is 6.33 Å². The smallest absolute Gasteiger partial charge is 0.213 e. The van der Waals surface area contributed by atoms with Crippen LogP contribution in [0.15, 0.2) is 48.9 Å². The summed E-state index contributed by atoms with van der Waals surface area (Å²) in [6, 6.07) is 13.7. The lowest BCUT2D eigenvalue weighted by atomic mass is 10.0. The molecule has 0 amide bonds. The molecule has 0 saturated carbocycles. The van der Waals surface area contributed by atoms with Crippen molar-refractivity contribution in [3.8, 4) is 40.2 Å². The SMILES string of the molecule is CC(C)(C)Oc1ccc(-c2cc3c(-c4ccc(OC5CCOCC5)c(C#N)c4)ncnc3[nH]2)cn1. The van der Waals surface area contributed by atoms with Crippen molar-refractivity contribution >= 4 is 11.0 Å². The number of nitrogens with zero attached hydrogens (tertiary/aromatic N) is 4. The van der Waals surface area contributed by atoms with Crippen LogP contribution in [-0.4, -0.2) is 44.9 Å². The van der Waals surface area contributed by atoms with Gasteiger partial charge < -0.3 is 19.2 Å². The van der Waals surface area contributed by atoms with Gasteiger partial charge in [0.2, 0.25) is 5.88 Å². The third-order valence-corrected chi connectivity index (χ3v) is 5.72. The Hall–Kier alpha value is -3.96. The molecule has 35 heavy (non-hydrogen) atoms. The molecule has 0 atom stereocenters. The first-order valence-electron chi connectivity index (χ1n) is 11.7. The van der Waals surface area contributed by atoms with Crippen LogP contribution in [0.1, 0.15) is 39.2 Å². The summed E-state index contributed by atoms with van der Waals surface area (Å²) in [6.07, 6.45) is 5.00. The van der Waals surface area contributed by atoms with E-state index in [2.05, 4.69) is 26.0 Å². The minimum absolute atomic E-state index is 0.0634. The Bertz CT molecular complexity index is 1380. The minimum atomic E-state index is -0.312. The second-order valence-corrected chi connectivity index (χ2v) is 9.52. The number of aromatic nitrogens is 4. The predicted molar refractivity (Wildman–Crippen MR) is 132 cm³/mol. The molecular weight excluding hydrogens is 442 g/mol. The number of pyridine rings is 1. The van der Waals surface area contributed by atoms with Crippen LogP contribution in [0, 0.1) is 11.3 Å². The molecule has 1 aromatic carbocycles. The second kappa shape index (κ2) is 9.35. The van der Waals surface area contributed by atoms with E-state index in [9.17, 15) is 5.26 Å². The number of H-pyrrole nitrogens is 1. The highest BCUT2D eigenvalue weighted by atomic mass is 16.5. The van der Waals surface area contributed by atoms with Crippen LogP contribution in [0.4, 0.5) is 0 Å². The number of nitrogens with one attached hydrogen (secondary N) is 1. The van der Waals surface area contributed by atoms with Gasteiger partial charge in [0.15, 0.2) is 0 Å². The van der Waals surface area contributed by atoms with Crippen LogP contribution in [-0.2, 0) is 4.74 Å². The fraction of sp³-hybridized carbons (Fsp3) is 0.333. The molecule has 4 aromatic rings. The van der Waals surface area contributed by atoms with Crippen LogP contribution in [0.2, 0.25) is 0 Å². The van der Waals surface area contributed by atoms with Gasteiger partial charge in [-0.15, -0.1) is 0 Å². The molecule has 0 aliphatic carbocycles. The first-order chi connectivity index (χ1) is 16.9. The average Bonchev–Trinajstić information content (AvgIpc) is 3.29. The molecular formula is C27H27N5O3. The number of ether oxygens (including phenoxy) is 3. The highest BCUT2D eigenvalue weighted by molar-refractivity contribution is 5.94. The molecule has 1 aliphatic heterocycles. The van der Waals surface area contributed by atoms with Crippen molar-refractivity contribution in [1.29, 1.82) is 5.26 Å². The summed E-state index contributed by atoms with van der Waals surface area (Å²) in [4.78, 5) is 16.7.